The number of hydrogen-bond acceptors (Lipinski definition) is 3. The highest BCUT2D eigenvalue weighted by Gasteiger charge is 2.24. The molecular formula is C14H21N3O2. The molecule has 0 aromatic carbocycles. The first-order valence-corrected chi connectivity index (χ1v) is 6.89. The maximum absolute atomic E-state index is 11.9. The Labute approximate surface area is 114 Å². The van der Waals surface area contributed by atoms with Crippen molar-refractivity contribution in [2.75, 3.05) is 19.6 Å². The van der Waals surface area contributed by atoms with Gasteiger partial charge in [-0.2, -0.15) is 0 Å². The molecule has 1 saturated heterocycles. The fourth-order valence-corrected chi connectivity index (χ4v) is 2.17. The Morgan fingerprint density at radius 3 is 3.05 bits per heavy atom. The lowest BCUT2D eigenvalue weighted by atomic mass is 10.1. The van der Waals surface area contributed by atoms with E-state index < -0.39 is 0 Å². The zero-order valence-electron chi connectivity index (χ0n) is 11.3. The normalized spacial score (nSPS) is 19.0. The minimum absolute atomic E-state index is 0.0184. The van der Waals surface area contributed by atoms with Gasteiger partial charge in [0, 0.05) is 25.5 Å². The monoisotopic (exact) mass is 263 g/mol. The van der Waals surface area contributed by atoms with Crippen LogP contribution in [-0.2, 0) is 0 Å². The van der Waals surface area contributed by atoms with E-state index >= 15 is 0 Å². The fraction of sp³-hybridized carbons (Fsp3) is 0.571. The van der Waals surface area contributed by atoms with Gasteiger partial charge in [-0.1, -0.05) is 6.92 Å². The third-order valence-corrected chi connectivity index (χ3v) is 3.14. The summed E-state index contributed by atoms with van der Waals surface area (Å²) in [4.78, 5) is 17.7. The van der Waals surface area contributed by atoms with Crippen LogP contribution < -0.4 is 10.1 Å². The van der Waals surface area contributed by atoms with Gasteiger partial charge >= 0.3 is 6.03 Å². The van der Waals surface area contributed by atoms with Crippen molar-refractivity contribution in [3.8, 4) is 5.75 Å². The molecule has 1 aliphatic rings. The molecule has 1 aromatic rings. The number of rotatable bonds is 4. The summed E-state index contributed by atoms with van der Waals surface area (Å²) in [6.07, 6.45) is 6.42. The molecule has 2 heterocycles. The fourth-order valence-electron chi connectivity index (χ4n) is 2.17. The van der Waals surface area contributed by atoms with Gasteiger partial charge in [0.1, 0.15) is 11.9 Å². The van der Waals surface area contributed by atoms with Gasteiger partial charge in [0.15, 0.2) is 0 Å². The van der Waals surface area contributed by atoms with Crippen molar-refractivity contribution >= 4 is 6.03 Å². The summed E-state index contributed by atoms with van der Waals surface area (Å²) in [5, 5.41) is 2.91. The van der Waals surface area contributed by atoms with Crippen molar-refractivity contribution in [2.24, 2.45) is 0 Å². The van der Waals surface area contributed by atoms with E-state index in [1.54, 1.807) is 12.4 Å². The lowest BCUT2D eigenvalue weighted by molar-refractivity contribution is 0.101. The number of carbonyl (C=O) groups is 1. The van der Waals surface area contributed by atoms with Crippen LogP contribution in [-0.4, -0.2) is 41.7 Å². The van der Waals surface area contributed by atoms with Crippen LogP contribution in [0, 0.1) is 0 Å². The smallest absolute Gasteiger partial charge is 0.317 e. The van der Waals surface area contributed by atoms with Crippen molar-refractivity contribution < 1.29 is 9.53 Å². The minimum Gasteiger partial charge on any atom is -0.488 e. The SMILES string of the molecule is CCCNC(=O)N1CCCC(Oc2ccncc2)C1. The number of piperidine rings is 1. The molecule has 5 nitrogen and oxygen atoms in total. The number of carbonyl (C=O) groups excluding carboxylic acids is 1. The van der Waals surface area contributed by atoms with E-state index in [0.29, 0.717) is 6.54 Å². The number of nitrogens with zero attached hydrogens (tertiary/aromatic N) is 2. The van der Waals surface area contributed by atoms with Crippen LogP contribution in [0.25, 0.3) is 0 Å². The highest BCUT2D eigenvalue weighted by Crippen LogP contribution is 2.17. The van der Waals surface area contributed by atoms with Crippen LogP contribution >= 0.6 is 0 Å². The summed E-state index contributed by atoms with van der Waals surface area (Å²) in [6.45, 7) is 4.24. The molecule has 2 amide bonds. The molecule has 0 saturated carbocycles. The first kappa shape index (κ1) is 13.6. The van der Waals surface area contributed by atoms with Gasteiger partial charge < -0.3 is 15.0 Å². The van der Waals surface area contributed by atoms with Crippen molar-refractivity contribution in [3.05, 3.63) is 24.5 Å². The van der Waals surface area contributed by atoms with Crippen LogP contribution in [0.15, 0.2) is 24.5 Å². The van der Waals surface area contributed by atoms with Crippen molar-refractivity contribution in [1.29, 1.82) is 0 Å². The lowest BCUT2D eigenvalue weighted by Crippen LogP contribution is -2.48. The van der Waals surface area contributed by atoms with Crippen LogP contribution in [0.1, 0.15) is 26.2 Å². The number of amides is 2. The minimum atomic E-state index is 0.0184. The summed E-state index contributed by atoms with van der Waals surface area (Å²) in [6, 6.07) is 3.71. The summed E-state index contributed by atoms with van der Waals surface area (Å²) in [5.41, 5.74) is 0. The van der Waals surface area contributed by atoms with E-state index in [0.717, 1.165) is 38.1 Å². The summed E-state index contributed by atoms with van der Waals surface area (Å²) in [5.74, 6) is 0.816. The van der Waals surface area contributed by atoms with Crippen LogP contribution in [0.3, 0.4) is 0 Å². The number of nitrogens with one attached hydrogen (secondary N) is 1. The number of urea groups is 1. The molecule has 0 aliphatic carbocycles. The molecule has 2 rings (SSSR count). The van der Waals surface area contributed by atoms with Gasteiger partial charge in [-0.3, -0.25) is 4.98 Å². The standard InChI is InChI=1S/C14H21N3O2/c1-2-7-16-14(18)17-10-3-4-13(11-17)19-12-5-8-15-9-6-12/h5-6,8-9,13H,2-4,7,10-11H2,1H3,(H,16,18). The Balaban J connectivity index is 1.85. The molecule has 1 aliphatic heterocycles. The van der Waals surface area contributed by atoms with E-state index in [4.69, 9.17) is 4.74 Å². The summed E-state index contributed by atoms with van der Waals surface area (Å²) in [7, 11) is 0. The third-order valence-electron chi connectivity index (χ3n) is 3.14. The molecule has 1 aromatic heterocycles. The second-order valence-electron chi connectivity index (χ2n) is 4.74. The Bertz CT molecular complexity index is 397. The first-order valence-electron chi connectivity index (χ1n) is 6.89. The molecule has 5 heteroatoms. The molecule has 0 bridgehead atoms. The van der Waals surface area contributed by atoms with E-state index in [2.05, 4.69) is 10.3 Å². The molecule has 0 spiro atoms. The van der Waals surface area contributed by atoms with Gasteiger partial charge in [-0.05, 0) is 31.4 Å². The molecule has 1 atom stereocenters. The van der Waals surface area contributed by atoms with Crippen molar-refractivity contribution in [3.63, 3.8) is 0 Å². The predicted octanol–water partition coefficient (Wildman–Crippen LogP) is 2.04. The number of aromatic nitrogens is 1. The highest BCUT2D eigenvalue weighted by atomic mass is 16.5. The van der Waals surface area contributed by atoms with Gasteiger partial charge in [-0.15, -0.1) is 0 Å². The number of likely N-dealkylation sites (tertiary alicyclic amines) is 1. The van der Waals surface area contributed by atoms with Crippen LogP contribution in [0.4, 0.5) is 4.79 Å². The Morgan fingerprint density at radius 1 is 1.53 bits per heavy atom. The number of ether oxygens (including phenoxy) is 1. The molecule has 104 valence electrons. The van der Waals surface area contributed by atoms with E-state index in [9.17, 15) is 4.79 Å². The van der Waals surface area contributed by atoms with E-state index in [-0.39, 0.29) is 12.1 Å². The van der Waals surface area contributed by atoms with Gasteiger partial charge in [0.05, 0.1) is 6.54 Å². The Morgan fingerprint density at radius 2 is 2.32 bits per heavy atom. The average Bonchev–Trinajstić information content (AvgIpc) is 2.46. The molecule has 1 N–H and O–H groups in total. The first-order chi connectivity index (χ1) is 9.29. The predicted molar refractivity (Wildman–Crippen MR) is 73.1 cm³/mol. The van der Waals surface area contributed by atoms with Gasteiger partial charge in [0.25, 0.3) is 0 Å². The van der Waals surface area contributed by atoms with E-state index in [1.807, 2.05) is 24.0 Å². The Hall–Kier alpha value is -1.78. The number of hydrogen-bond donors (Lipinski definition) is 1. The second kappa shape index (κ2) is 6.97. The third kappa shape index (κ3) is 4.12. The Kier molecular flexibility index (Phi) is 5.01. The second-order valence-corrected chi connectivity index (χ2v) is 4.74. The summed E-state index contributed by atoms with van der Waals surface area (Å²) < 4.78 is 5.88. The highest BCUT2D eigenvalue weighted by molar-refractivity contribution is 5.74. The maximum Gasteiger partial charge on any atom is 0.317 e. The average molecular weight is 263 g/mol. The summed E-state index contributed by atoms with van der Waals surface area (Å²) >= 11 is 0. The maximum atomic E-state index is 11.9. The zero-order chi connectivity index (χ0) is 13.5. The zero-order valence-corrected chi connectivity index (χ0v) is 11.3. The topological polar surface area (TPSA) is 54.5 Å². The van der Waals surface area contributed by atoms with Gasteiger partial charge in [-0.25, -0.2) is 4.79 Å². The van der Waals surface area contributed by atoms with Crippen molar-refractivity contribution in [2.45, 2.75) is 32.3 Å². The lowest BCUT2D eigenvalue weighted by Gasteiger charge is -2.32. The van der Waals surface area contributed by atoms with E-state index in [1.165, 1.54) is 0 Å². The molecule has 1 unspecified atom stereocenters. The van der Waals surface area contributed by atoms with Crippen LogP contribution in [0.5, 0.6) is 5.75 Å². The number of pyridine rings is 1. The quantitative estimate of drug-likeness (QED) is 0.904. The van der Waals surface area contributed by atoms with Crippen molar-refractivity contribution in [1.82, 2.24) is 15.2 Å². The molecular weight excluding hydrogens is 242 g/mol. The molecule has 1 fully saturated rings. The molecule has 0 radical (unpaired) electrons. The molecule has 19 heavy (non-hydrogen) atoms. The van der Waals surface area contributed by atoms with Gasteiger partial charge in [0.2, 0.25) is 0 Å². The van der Waals surface area contributed by atoms with Crippen LogP contribution in [0.2, 0.25) is 0 Å². The largest absolute Gasteiger partial charge is 0.488 e.